The van der Waals surface area contributed by atoms with Gasteiger partial charge in [0.2, 0.25) is 0 Å². The summed E-state index contributed by atoms with van der Waals surface area (Å²) in [5.74, 6) is 0.290. The molecule has 0 aliphatic rings. The van der Waals surface area contributed by atoms with Gasteiger partial charge in [0, 0.05) is 0 Å². The Balaban J connectivity index is 2.46. The van der Waals surface area contributed by atoms with Crippen LogP contribution < -0.4 is 0 Å². The third kappa shape index (κ3) is 2.61. The minimum atomic E-state index is -0.546. The van der Waals surface area contributed by atoms with Crippen LogP contribution in [-0.2, 0) is 11.3 Å². The average Bonchev–Trinajstić information content (AvgIpc) is 2.76. The number of imidazole rings is 1. The van der Waals surface area contributed by atoms with Crippen LogP contribution in [0.15, 0.2) is 24.3 Å². The van der Waals surface area contributed by atoms with E-state index in [0.717, 1.165) is 0 Å². The number of carbonyl (C=O) groups excluding carboxylic acids is 1. The second-order valence-corrected chi connectivity index (χ2v) is 4.99. The number of ether oxygens (including phenoxy) is 1. The van der Waals surface area contributed by atoms with E-state index >= 15 is 0 Å². The minimum Gasteiger partial charge on any atom is -0.443 e. The highest BCUT2D eigenvalue weighted by atomic mass is 16.6. The SMILES string of the molecule is CCC(C)(C)OC(=O)n1c(CO)nc2ccccc21. The number of aromatic nitrogens is 2. The van der Waals surface area contributed by atoms with Crippen molar-refractivity contribution in [3.63, 3.8) is 0 Å². The van der Waals surface area contributed by atoms with Gasteiger partial charge in [0.05, 0.1) is 11.0 Å². The van der Waals surface area contributed by atoms with Gasteiger partial charge in [-0.2, -0.15) is 0 Å². The van der Waals surface area contributed by atoms with Gasteiger partial charge in [-0.15, -0.1) is 0 Å². The van der Waals surface area contributed by atoms with Crippen molar-refractivity contribution in [1.82, 2.24) is 9.55 Å². The van der Waals surface area contributed by atoms with E-state index in [4.69, 9.17) is 4.74 Å². The second kappa shape index (κ2) is 5.01. The molecule has 0 amide bonds. The summed E-state index contributed by atoms with van der Waals surface area (Å²) in [6.45, 7) is 5.34. The van der Waals surface area contributed by atoms with Crippen molar-refractivity contribution in [3.05, 3.63) is 30.1 Å². The summed E-state index contributed by atoms with van der Waals surface area (Å²) in [5.41, 5.74) is 0.760. The highest BCUT2D eigenvalue weighted by molar-refractivity contribution is 5.87. The Morgan fingerprint density at radius 3 is 2.74 bits per heavy atom. The smallest absolute Gasteiger partial charge is 0.420 e. The van der Waals surface area contributed by atoms with Gasteiger partial charge in [-0.05, 0) is 32.4 Å². The van der Waals surface area contributed by atoms with Gasteiger partial charge in [-0.25, -0.2) is 14.3 Å². The summed E-state index contributed by atoms with van der Waals surface area (Å²) < 4.78 is 6.78. The Labute approximate surface area is 111 Å². The molecular weight excluding hydrogens is 244 g/mol. The molecule has 0 aliphatic carbocycles. The zero-order chi connectivity index (χ0) is 14.0. The lowest BCUT2D eigenvalue weighted by molar-refractivity contribution is 0.0367. The molecule has 0 aliphatic heterocycles. The van der Waals surface area contributed by atoms with Crippen molar-refractivity contribution in [1.29, 1.82) is 0 Å². The van der Waals surface area contributed by atoms with Crippen LogP contribution in [0.2, 0.25) is 0 Å². The molecule has 1 heterocycles. The van der Waals surface area contributed by atoms with Gasteiger partial charge in [0.1, 0.15) is 18.0 Å². The number of nitrogens with zero attached hydrogens (tertiary/aromatic N) is 2. The Kier molecular flexibility index (Phi) is 3.57. The second-order valence-electron chi connectivity index (χ2n) is 4.99. The lowest BCUT2D eigenvalue weighted by atomic mass is 10.1. The third-order valence-corrected chi connectivity index (χ3v) is 3.17. The number of benzene rings is 1. The van der Waals surface area contributed by atoms with Gasteiger partial charge in [0.15, 0.2) is 0 Å². The van der Waals surface area contributed by atoms with E-state index in [9.17, 15) is 9.90 Å². The number of hydrogen-bond acceptors (Lipinski definition) is 4. The van der Waals surface area contributed by atoms with E-state index in [2.05, 4.69) is 4.98 Å². The molecule has 1 N–H and O–H groups in total. The number of aliphatic hydroxyl groups excluding tert-OH is 1. The van der Waals surface area contributed by atoms with Crippen LogP contribution in [0.4, 0.5) is 4.79 Å². The molecule has 0 atom stereocenters. The maximum atomic E-state index is 12.3. The quantitative estimate of drug-likeness (QED) is 0.923. The molecule has 102 valence electrons. The van der Waals surface area contributed by atoms with Crippen molar-refractivity contribution in [3.8, 4) is 0 Å². The number of para-hydroxylation sites is 2. The van der Waals surface area contributed by atoms with Crippen LogP contribution in [0.25, 0.3) is 11.0 Å². The Morgan fingerprint density at radius 1 is 1.42 bits per heavy atom. The first kappa shape index (κ1) is 13.5. The normalized spacial score (nSPS) is 11.8. The topological polar surface area (TPSA) is 64.3 Å². The van der Waals surface area contributed by atoms with Crippen molar-refractivity contribution in [2.24, 2.45) is 0 Å². The molecule has 1 aromatic heterocycles. The fraction of sp³-hybridized carbons (Fsp3) is 0.429. The molecule has 19 heavy (non-hydrogen) atoms. The predicted molar refractivity (Wildman–Crippen MR) is 71.9 cm³/mol. The summed E-state index contributed by atoms with van der Waals surface area (Å²) in [5, 5.41) is 9.33. The average molecular weight is 262 g/mol. The molecule has 2 rings (SSSR count). The Bertz CT molecular complexity index is 602. The first-order valence-electron chi connectivity index (χ1n) is 6.29. The summed E-state index contributed by atoms with van der Waals surface area (Å²) in [6, 6.07) is 7.23. The molecule has 0 unspecified atom stereocenters. The lowest BCUT2D eigenvalue weighted by Gasteiger charge is -2.23. The van der Waals surface area contributed by atoms with Crippen LogP contribution in [0.1, 0.15) is 33.0 Å². The predicted octanol–water partition coefficient (Wildman–Crippen LogP) is 2.70. The molecular formula is C14H18N2O3. The molecule has 5 heteroatoms. The number of hydrogen-bond donors (Lipinski definition) is 1. The van der Waals surface area contributed by atoms with Crippen molar-refractivity contribution < 1.29 is 14.6 Å². The largest absolute Gasteiger partial charge is 0.443 e. The zero-order valence-electron chi connectivity index (χ0n) is 11.4. The molecule has 5 nitrogen and oxygen atoms in total. The Hall–Kier alpha value is -1.88. The van der Waals surface area contributed by atoms with Gasteiger partial charge < -0.3 is 9.84 Å². The molecule has 0 spiro atoms. The number of carbonyl (C=O) groups is 1. The maximum absolute atomic E-state index is 12.3. The van der Waals surface area contributed by atoms with E-state index in [1.165, 1.54) is 4.57 Å². The van der Waals surface area contributed by atoms with E-state index in [1.54, 1.807) is 12.1 Å². The minimum absolute atomic E-state index is 0.290. The van der Waals surface area contributed by atoms with Crippen LogP contribution in [0.5, 0.6) is 0 Å². The number of fused-ring (bicyclic) bond motifs is 1. The van der Waals surface area contributed by atoms with Crippen LogP contribution >= 0.6 is 0 Å². The maximum Gasteiger partial charge on any atom is 0.420 e. The van der Waals surface area contributed by atoms with Gasteiger partial charge in [-0.1, -0.05) is 19.1 Å². The standard InChI is InChI=1S/C14H18N2O3/c1-4-14(2,3)19-13(18)16-11-8-6-5-7-10(11)15-12(16)9-17/h5-8,17H,4,9H2,1-3H3. The van der Waals surface area contributed by atoms with Crippen LogP contribution in [0.3, 0.4) is 0 Å². The summed E-state index contributed by atoms with van der Waals surface area (Å²) in [7, 11) is 0. The van der Waals surface area contributed by atoms with Crippen molar-refractivity contribution in [2.45, 2.75) is 39.4 Å². The van der Waals surface area contributed by atoms with Crippen LogP contribution in [-0.4, -0.2) is 26.4 Å². The Morgan fingerprint density at radius 2 is 2.11 bits per heavy atom. The molecule has 2 aromatic rings. The number of aliphatic hydroxyl groups is 1. The fourth-order valence-electron chi connectivity index (χ4n) is 1.74. The summed E-state index contributed by atoms with van der Waals surface area (Å²) >= 11 is 0. The zero-order valence-corrected chi connectivity index (χ0v) is 11.4. The molecule has 0 bridgehead atoms. The first-order valence-corrected chi connectivity index (χ1v) is 6.29. The molecule has 1 aromatic carbocycles. The van der Waals surface area contributed by atoms with Gasteiger partial charge in [-0.3, -0.25) is 0 Å². The van der Waals surface area contributed by atoms with E-state index in [0.29, 0.717) is 17.5 Å². The van der Waals surface area contributed by atoms with Crippen molar-refractivity contribution >= 4 is 17.1 Å². The van der Waals surface area contributed by atoms with E-state index in [1.807, 2.05) is 32.9 Å². The van der Waals surface area contributed by atoms with E-state index in [-0.39, 0.29) is 12.4 Å². The fourth-order valence-corrected chi connectivity index (χ4v) is 1.74. The van der Waals surface area contributed by atoms with Crippen molar-refractivity contribution in [2.75, 3.05) is 0 Å². The molecule has 0 fully saturated rings. The highest BCUT2D eigenvalue weighted by Crippen LogP contribution is 2.20. The molecule has 0 saturated heterocycles. The van der Waals surface area contributed by atoms with Gasteiger partial charge in [0.25, 0.3) is 0 Å². The van der Waals surface area contributed by atoms with Gasteiger partial charge >= 0.3 is 6.09 Å². The van der Waals surface area contributed by atoms with Crippen LogP contribution in [0, 0.1) is 0 Å². The summed E-state index contributed by atoms with van der Waals surface area (Å²) in [6.07, 6.45) is 0.199. The molecule has 0 radical (unpaired) electrons. The number of rotatable bonds is 3. The molecule has 0 saturated carbocycles. The highest BCUT2D eigenvalue weighted by Gasteiger charge is 2.24. The lowest BCUT2D eigenvalue weighted by Crippen LogP contribution is -2.30. The third-order valence-electron chi connectivity index (χ3n) is 3.17. The summed E-state index contributed by atoms with van der Waals surface area (Å²) in [4.78, 5) is 16.5. The first-order chi connectivity index (χ1) is 8.98. The van der Waals surface area contributed by atoms with E-state index < -0.39 is 11.7 Å². The monoisotopic (exact) mass is 262 g/mol.